The zero-order valence-electron chi connectivity index (χ0n) is 8.86. The average Bonchev–Trinajstić information content (AvgIpc) is 2.96. The Hall–Kier alpha value is -1.62. The molecule has 86 valence electrons. The third kappa shape index (κ3) is 2.49. The van der Waals surface area contributed by atoms with E-state index in [1.807, 2.05) is 0 Å². The Morgan fingerprint density at radius 1 is 1.69 bits per heavy atom. The molecule has 0 saturated carbocycles. The molecule has 1 aromatic rings. The van der Waals surface area contributed by atoms with Crippen LogP contribution in [0.1, 0.15) is 33.7 Å². The van der Waals surface area contributed by atoms with Gasteiger partial charge in [-0.15, -0.1) is 0 Å². The third-order valence-electron chi connectivity index (χ3n) is 2.60. The summed E-state index contributed by atoms with van der Waals surface area (Å²) in [5, 5.41) is 2.77. The number of hydrogen-bond acceptors (Lipinski definition) is 3. The number of hydrogen-bond donors (Lipinski definition) is 2. The Labute approximate surface area is 93.2 Å². The number of rotatable bonds is 4. The zero-order chi connectivity index (χ0) is 11.4. The fourth-order valence-electron chi connectivity index (χ4n) is 1.72. The number of carbonyl (C=O) groups excluding carboxylic acids is 2. The summed E-state index contributed by atoms with van der Waals surface area (Å²) in [6, 6.07) is 1.53. The lowest BCUT2D eigenvalue weighted by molar-refractivity contribution is 0.0854. The van der Waals surface area contributed by atoms with E-state index < -0.39 is 0 Å². The van der Waals surface area contributed by atoms with Gasteiger partial charge in [0.25, 0.3) is 5.91 Å². The topological polar surface area (TPSA) is 71.2 Å². The summed E-state index contributed by atoms with van der Waals surface area (Å²) in [5.74, 6) is -0.205. The molecule has 0 aliphatic carbocycles. The molecule has 0 spiro atoms. The summed E-state index contributed by atoms with van der Waals surface area (Å²) in [6.45, 7) is 1.30. The highest BCUT2D eigenvalue weighted by molar-refractivity contribution is 5.94. The molecule has 5 nitrogen and oxygen atoms in total. The lowest BCUT2D eigenvalue weighted by Crippen LogP contribution is -2.31. The SMILES string of the molecule is O=Cc1c[nH]c(C(=O)NCC2CCCO2)c1. The molecule has 1 unspecified atom stereocenters. The Morgan fingerprint density at radius 2 is 2.56 bits per heavy atom. The number of nitrogens with one attached hydrogen (secondary N) is 2. The van der Waals surface area contributed by atoms with Crippen molar-refractivity contribution in [1.29, 1.82) is 0 Å². The Morgan fingerprint density at radius 3 is 3.19 bits per heavy atom. The molecule has 1 saturated heterocycles. The zero-order valence-corrected chi connectivity index (χ0v) is 8.86. The van der Waals surface area contributed by atoms with Gasteiger partial charge in [0.15, 0.2) is 6.29 Å². The largest absolute Gasteiger partial charge is 0.376 e. The van der Waals surface area contributed by atoms with E-state index in [9.17, 15) is 9.59 Å². The van der Waals surface area contributed by atoms with Crippen LogP contribution in [-0.2, 0) is 4.74 Å². The van der Waals surface area contributed by atoms with Gasteiger partial charge < -0.3 is 15.0 Å². The van der Waals surface area contributed by atoms with Gasteiger partial charge in [0.1, 0.15) is 5.69 Å². The summed E-state index contributed by atoms with van der Waals surface area (Å²) in [5.41, 5.74) is 0.877. The minimum Gasteiger partial charge on any atom is -0.376 e. The lowest BCUT2D eigenvalue weighted by atomic mass is 10.2. The van der Waals surface area contributed by atoms with Crippen molar-refractivity contribution in [3.05, 3.63) is 23.5 Å². The predicted octanol–water partition coefficient (Wildman–Crippen LogP) is 0.736. The first-order valence-corrected chi connectivity index (χ1v) is 5.33. The van der Waals surface area contributed by atoms with Crippen LogP contribution in [0, 0.1) is 0 Å². The number of ether oxygens (including phenoxy) is 1. The van der Waals surface area contributed by atoms with E-state index in [1.165, 1.54) is 12.3 Å². The van der Waals surface area contributed by atoms with Gasteiger partial charge in [0.05, 0.1) is 6.10 Å². The fourth-order valence-corrected chi connectivity index (χ4v) is 1.72. The summed E-state index contributed by atoms with van der Waals surface area (Å²) in [4.78, 5) is 24.8. The summed E-state index contributed by atoms with van der Waals surface area (Å²) in [6.07, 6.45) is 4.38. The van der Waals surface area contributed by atoms with Crippen molar-refractivity contribution in [1.82, 2.24) is 10.3 Å². The van der Waals surface area contributed by atoms with E-state index in [0.29, 0.717) is 24.1 Å². The normalized spacial score (nSPS) is 19.6. The van der Waals surface area contributed by atoms with Crippen molar-refractivity contribution >= 4 is 12.2 Å². The Balaban J connectivity index is 1.84. The fraction of sp³-hybridized carbons (Fsp3) is 0.455. The summed E-state index contributed by atoms with van der Waals surface area (Å²) < 4.78 is 5.38. The van der Waals surface area contributed by atoms with Gasteiger partial charge in [0.2, 0.25) is 0 Å². The van der Waals surface area contributed by atoms with Crippen LogP contribution in [0.5, 0.6) is 0 Å². The van der Waals surface area contributed by atoms with Crippen molar-refractivity contribution in [3.8, 4) is 0 Å². The molecule has 0 radical (unpaired) electrons. The van der Waals surface area contributed by atoms with Gasteiger partial charge in [0, 0.05) is 24.9 Å². The molecule has 1 fully saturated rings. The van der Waals surface area contributed by atoms with E-state index in [4.69, 9.17) is 4.74 Å². The summed E-state index contributed by atoms with van der Waals surface area (Å²) in [7, 11) is 0. The van der Waals surface area contributed by atoms with Gasteiger partial charge in [-0.3, -0.25) is 9.59 Å². The van der Waals surface area contributed by atoms with Crippen LogP contribution < -0.4 is 5.32 Å². The molecule has 0 aromatic carbocycles. The van der Waals surface area contributed by atoms with Crippen molar-refractivity contribution in [2.45, 2.75) is 18.9 Å². The first kappa shape index (κ1) is 10.9. The van der Waals surface area contributed by atoms with Crippen LogP contribution in [0.2, 0.25) is 0 Å². The second-order valence-electron chi connectivity index (χ2n) is 3.81. The van der Waals surface area contributed by atoms with Crippen molar-refractivity contribution in [3.63, 3.8) is 0 Å². The molecule has 2 heterocycles. The molecule has 1 atom stereocenters. The van der Waals surface area contributed by atoms with Crippen LogP contribution in [0.4, 0.5) is 0 Å². The minimum absolute atomic E-state index is 0.129. The quantitative estimate of drug-likeness (QED) is 0.738. The van der Waals surface area contributed by atoms with E-state index in [1.54, 1.807) is 0 Å². The molecule has 1 aromatic heterocycles. The highest BCUT2D eigenvalue weighted by atomic mass is 16.5. The molecule has 2 rings (SSSR count). The predicted molar refractivity (Wildman–Crippen MR) is 57.5 cm³/mol. The number of aldehydes is 1. The van der Waals surface area contributed by atoms with Crippen LogP contribution in [0.25, 0.3) is 0 Å². The number of H-pyrrole nitrogens is 1. The molecule has 1 aliphatic heterocycles. The van der Waals surface area contributed by atoms with Gasteiger partial charge in [-0.2, -0.15) is 0 Å². The molecule has 1 amide bonds. The molecule has 1 aliphatic rings. The number of amides is 1. The molecular weight excluding hydrogens is 208 g/mol. The Kier molecular flexibility index (Phi) is 3.36. The van der Waals surface area contributed by atoms with Crippen molar-refractivity contribution in [2.24, 2.45) is 0 Å². The first-order chi connectivity index (χ1) is 7.79. The van der Waals surface area contributed by atoms with Gasteiger partial charge in [-0.05, 0) is 18.9 Å². The van der Waals surface area contributed by atoms with Gasteiger partial charge in [-0.1, -0.05) is 0 Å². The van der Waals surface area contributed by atoms with Gasteiger partial charge in [-0.25, -0.2) is 0 Å². The molecule has 5 heteroatoms. The standard InChI is InChI=1S/C11H14N2O3/c14-7-8-4-10(12-5-8)11(15)13-6-9-2-1-3-16-9/h4-5,7,9,12H,1-3,6H2,(H,13,15). The number of aromatic amines is 1. The highest BCUT2D eigenvalue weighted by Crippen LogP contribution is 2.10. The number of carbonyl (C=O) groups is 2. The average molecular weight is 222 g/mol. The van der Waals surface area contributed by atoms with Crippen LogP contribution in [-0.4, -0.2) is 36.4 Å². The van der Waals surface area contributed by atoms with Crippen LogP contribution in [0.3, 0.4) is 0 Å². The first-order valence-electron chi connectivity index (χ1n) is 5.33. The minimum atomic E-state index is -0.205. The second-order valence-corrected chi connectivity index (χ2v) is 3.81. The molecular formula is C11H14N2O3. The maximum Gasteiger partial charge on any atom is 0.267 e. The smallest absolute Gasteiger partial charge is 0.267 e. The van der Waals surface area contributed by atoms with E-state index in [-0.39, 0.29) is 12.0 Å². The maximum atomic E-state index is 11.6. The third-order valence-corrected chi connectivity index (χ3v) is 2.60. The van der Waals surface area contributed by atoms with Crippen molar-refractivity contribution < 1.29 is 14.3 Å². The van der Waals surface area contributed by atoms with E-state index in [2.05, 4.69) is 10.3 Å². The monoisotopic (exact) mass is 222 g/mol. The number of aromatic nitrogens is 1. The summed E-state index contributed by atoms with van der Waals surface area (Å²) >= 11 is 0. The highest BCUT2D eigenvalue weighted by Gasteiger charge is 2.17. The lowest BCUT2D eigenvalue weighted by Gasteiger charge is -2.09. The van der Waals surface area contributed by atoms with Crippen molar-refractivity contribution in [2.75, 3.05) is 13.2 Å². The maximum absolute atomic E-state index is 11.6. The molecule has 0 bridgehead atoms. The van der Waals surface area contributed by atoms with E-state index in [0.717, 1.165) is 19.4 Å². The van der Waals surface area contributed by atoms with Gasteiger partial charge >= 0.3 is 0 Å². The van der Waals surface area contributed by atoms with Crippen LogP contribution in [0.15, 0.2) is 12.3 Å². The second kappa shape index (κ2) is 4.94. The van der Waals surface area contributed by atoms with Crippen LogP contribution >= 0.6 is 0 Å². The molecule has 2 N–H and O–H groups in total. The van der Waals surface area contributed by atoms with E-state index >= 15 is 0 Å². The Bertz CT molecular complexity index is 380. The molecule has 16 heavy (non-hydrogen) atoms.